The molecule has 1 amide bonds. The highest BCUT2D eigenvalue weighted by molar-refractivity contribution is 6.30. The van der Waals surface area contributed by atoms with E-state index in [1.54, 1.807) is 12.1 Å². The first-order valence-corrected chi connectivity index (χ1v) is 7.10. The Morgan fingerprint density at radius 2 is 2.09 bits per heavy atom. The summed E-state index contributed by atoms with van der Waals surface area (Å²) in [4.78, 5) is 26.9. The average molecular weight is 335 g/mol. The molecule has 6 nitrogen and oxygen atoms in total. The minimum Gasteiger partial charge on any atom is -0.505 e. The van der Waals surface area contributed by atoms with Gasteiger partial charge in [-0.15, -0.1) is 0 Å². The number of halogens is 1. The molecular formula is C16H15ClN2O4. The minimum atomic E-state index is -0.665. The zero-order valence-electron chi connectivity index (χ0n) is 12.6. The summed E-state index contributed by atoms with van der Waals surface area (Å²) < 4.78 is 4.42. The van der Waals surface area contributed by atoms with Gasteiger partial charge in [-0.2, -0.15) is 0 Å². The fourth-order valence-corrected chi connectivity index (χ4v) is 2.16. The number of aromatic nitrogens is 1. The smallest absolute Gasteiger partial charge is 0.325 e. The lowest BCUT2D eigenvalue weighted by atomic mass is 10.0. The summed E-state index contributed by atoms with van der Waals surface area (Å²) in [6, 6.07) is 6.80. The Hall–Kier alpha value is -2.60. The molecule has 2 N–H and O–H groups in total. The molecule has 0 aliphatic rings. The maximum atomic E-state index is 11.9. The van der Waals surface area contributed by atoms with E-state index in [1.165, 1.54) is 19.4 Å². The van der Waals surface area contributed by atoms with Gasteiger partial charge in [0.2, 0.25) is 0 Å². The number of hydrogen-bond donors (Lipinski definition) is 2. The zero-order chi connectivity index (χ0) is 17.0. The zero-order valence-corrected chi connectivity index (χ0v) is 13.3. The van der Waals surface area contributed by atoms with E-state index in [4.69, 9.17) is 11.6 Å². The van der Waals surface area contributed by atoms with Crippen molar-refractivity contribution in [3.05, 3.63) is 46.7 Å². The van der Waals surface area contributed by atoms with Gasteiger partial charge in [-0.05, 0) is 36.2 Å². The largest absolute Gasteiger partial charge is 0.505 e. The van der Waals surface area contributed by atoms with Crippen molar-refractivity contribution in [3.8, 4) is 16.9 Å². The highest BCUT2D eigenvalue weighted by atomic mass is 35.5. The van der Waals surface area contributed by atoms with Crippen LogP contribution in [0.2, 0.25) is 5.02 Å². The van der Waals surface area contributed by atoms with Gasteiger partial charge in [-0.25, -0.2) is 4.98 Å². The first-order valence-electron chi connectivity index (χ1n) is 6.73. The SMILES string of the molecule is COC(=O)CNC(=O)c1ncc(-c2cc(Cl)ccc2C)cc1O. The lowest BCUT2D eigenvalue weighted by molar-refractivity contribution is -0.139. The van der Waals surface area contributed by atoms with E-state index in [0.717, 1.165) is 11.1 Å². The molecule has 0 saturated heterocycles. The van der Waals surface area contributed by atoms with Crippen LogP contribution in [-0.4, -0.2) is 35.6 Å². The summed E-state index contributed by atoms with van der Waals surface area (Å²) >= 11 is 5.98. The Morgan fingerprint density at radius 1 is 1.35 bits per heavy atom. The van der Waals surface area contributed by atoms with Gasteiger partial charge in [-0.1, -0.05) is 17.7 Å². The molecule has 7 heteroatoms. The lowest BCUT2D eigenvalue weighted by Gasteiger charge is -2.09. The van der Waals surface area contributed by atoms with E-state index >= 15 is 0 Å². The lowest BCUT2D eigenvalue weighted by Crippen LogP contribution is -2.30. The standard InChI is InChI=1S/C16H15ClN2O4/c1-9-3-4-11(17)6-12(9)10-5-13(20)15(18-7-10)16(22)19-8-14(21)23-2/h3-7,20H,8H2,1-2H3,(H,19,22). The number of amides is 1. The molecule has 1 heterocycles. The molecule has 120 valence electrons. The summed E-state index contributed by atoms with van der Waals surface area (Å²) in [5.74, 6) is -1.55. The summed E-state index contributed by atoms with van der Waals surface area (Å²) in [6.07, 6.45) is 1.46. The Bertz CT molecular complexity index is 762. The molecule has 0 fully saturated rings. The van der Waals surface area contributed by atoms with E-state index < -0.39 is 11.9 Å². The molecule has 0 unspecified atom stereocenters. The average Bonchev–Trinajstić information content (AvgIpc) is 2.54. The van der Waals surface area contributed by atoms with Crippen molar-refractivity contribution < 1.29 is 19.4 Å². The third-order valence-corrected chi connectivity index (χ3v) is 3.45. The summed E-state index contributed by atoms with van der Waals surface area (Å²) in [5.41, 5.74) is 2.23. The molecule has 0 aliphatic heterocycles. The fraction of sp³-hybridized carbons (Fsp3) is 0.188. The molecule has 0 bridgehead atoms. The number of nitrogens with one attached hydrogen (secondary N) is 1. The monoisotopic (exact) mass is 334 g/mol. The van der Waals surface area contributed by atoms with Gasteiger partial charge in [0.25, 0.3) is 5.91 Å². The molecule has 0 radical (unpaired) electrons. The van der Waals surface area contributed by atoms with Gasteiger partial charge in [0.15, 0.2) is 5.69 Å². The molecule has 2 rings (SSSR count). The van der Waals surface area contributed by atoms with Crippen LogP contribution in [0.1, 0.15) is 16.1 Å². The molecule has 1 aromatic carbocycles. The Balaban J connectivity index is 2.25. The van der Waals surface area contributed by atoms with Gasteiger partial charge in [0, 0.05) is 16.8 Å². The van der Waals surface area contributed by atoms with Crippen LogP contribution < -0.4 is 5.32 Å². The number of aryl methyl sites for hydroxylation is 1. The number of ether oxygens (including phenoxy) is 1. The number of methoxy groups -OCH3 is 1. The van der Waals surface area contributed by atoms with Crippen LogP contribution in [0.25, 0.3) is 11.1 Å². The van der Waals surface area contributed by atoms with Crippen LogP contribution in [0.5, 0.6) is 5.75 Å². The third kappa shape index (κ3) is 3.98. The summed E-state index contributed by atoms with van der Waals surface area (Å²) in [6.45, 7) is 1.60. The van der Waals surface area contributed by atoms with Crippen LogP contribution in [0.15, 0.2) is 30.5 Å². The quantitative estimate of drug-likeness (QED) is 0.838. The number of nitrogens with zero attached hydrogens (tertiary/aromatic N) is 1. The van der Waals surface area contributed by atoms with Crippen LogP contribution in [0.4, 0.5) is 0 Å². The number of esters is 1. The van der Waals surface area contributed by atoms with E-state index in [0.29, 0.717) is 10.6 Å². The second kappa shape index (κ2) is 7.11. The summed E-state index contributed by atoms with van der Waals surface area (Å²) in [7, 11) is 1.21. The molecule has 0 spiro atoms. The van der Waals surface area contributed by atoms with Crippen molar-refractivity contribution in [2.45, 2.75) is 6.92 Å². The molecule has 2 aromatic rings. The number of benzene rings is 1. The number of carbonyl (C=O) groups excluding carboxylic acids is 2. The van der Waals surface area contributed by atoms with Crippen LogP contribution in [0.3, 0.4) is 0 Å². The van der Waals surface area contributed by atoms with Crippen LogP contribution >= 0.6 is 11.6 Å². The topological polar surface area (TPSA) is 88.5 Å². The maximum absolute atomic E-state index is 11.9. The predicted octanol–water partition coefficient (Wildman–Crippen LogP) is 2.32. The van der Waals surface area contributed by atoms with Crippen molar-refractivity contribution in [2.24, 2.45) is 0 Å². The van der Waals surface area contributed by atoms with Gasteiger partial charge in [-0.3, -0.25) is 9.59 Å². The molecule has 0 saturated carbocycles. The van der Waals surface area contributed by atoms with E-state index in [-0.39, 0.29) is 18.0 Å². The summed E-state index contributed by atoms with van der Waals surface area (Å²) in [5, 5.41) is 12.9. The maximum Gasteiger partial charge on any atom is 0.325 e. The first-order chi connectivity index (χ1) is 10.9. The normalized spacial score (nSPS) is 10.2. The highest BCUT2D eigenvalue weighted by Crippen LogP contribution is 2.29. The number of aromatic hydroxyl groups is 1. The van der Waals surface area contributed by atoms with Crippen molar-refractivity contribution in [1.82, 2.24) is 10.3 Å². The van der Waals surface area contributed by atoms with E-state index in [2.05, 4.69) is 15.0 Å². The number of pyridine rings is 1. The molecular weight excluding hydrogens is 320 g/mol. The molecule has 0 atom stereocenters. The van der Waals surface area contributed by atoms with E-state index in [9.17, 15) is 14.7 Å². The Morgan fingerprint density at radius 3 is 2.74 bits per heavy atom. The van der Waals surface area contributed by atoms with Crippen molar-refractivity contribution in [3.63, 3.8) is 0 Å². The van der Waals surface area contributed by atoms with Gasteiger partial charge < -0.3 is 15.2 Å². The Labute approximate surface area is 138 Å². The van der Waals surface area contributed by atoms with E-state index in [1.807, 2.05) is 13.0 Å². The minimum absolute atomic E-state index is 0.169. The molecule has 1 aromatic heterocycles. The van der Waals surface area contributed by atoms with Gasteiger partial charge in [0.05, 0.1) is 7.11 Å². The predicted molar refractivity (Wildman–Crippen MR) is 85.4 cm³/mol. The van der Waals surface area contributed by atoms with Crippen molar-refractivity contribution in [1.29, 1.82) is 0 Å². The van der Waals surface area contributed by atoms with Gasteiger partial charge >= 0.3 is 5.97 Å². The Kier molecular flexibility index (Phi) is 5.18. The van der Waals surface area contributed by atoms with Gasteiger partial charge in [0.1, 0.15) is 12.3 Å². The number of carbonyl (C=O) groups is 2. The third-order valence-electron chi connectivity index (χ3n) is 3.21. The van der Waals surface area contributed by atoms with Crippen LogP contribution in [-0.2, 0) is 9.53 Å². The fourth-order valence-electron chi connectivity index (χ4n) is 1.99. The van der Waals surface area contributed by atoms with Crippen LogP contribution in [0, 0.1) is 6.92 Å². The first kappa shape index (κ1) is 16.8. The van der Waals surface area contributed by atoms with Crippen molar-refractivity contribution >= 4 is 23.5 Å². The molecule has 0 aliphatic carbocycles. The number of hydrogen-bond acceptors (Lipinski definition) is 5. The second-order valence-electron chi connectivity index (χ2n) is 4.81. The molecule has 23 heavy (non-hydrogen) atoms. The number of rotatable bonds is 4. The second-order valence-corrected chi connectivity index (χ2v) is 5.25. The van der Waals surface area contributed by atoms with Crippen molar-refractivity contribution in [2.75, 3.05) is 13.7 Å². The highest BCUT2D eigenvalue weighted by Gasteiger charge is 2.16.